The van der Waals surface area contributed by atoms with Crippen molar-refractivity contribution in [2.75, 3.05) is 11.9 Å². The van der Waals surface area contributed by atoms with Crippen LogP contribution in [0.1, 0.15) is 31.1 Å². The average Bonchev–Trinajstić information content (AvgIpc) is 3.03. The molecular weight excluding hydrogens is 335 g/mol. The number of aromatic nitrogens is 4. The lowest BCUT2D eigenvalue weighted by molar-refractivity contribution is -0.141. The fourth-order valence-corrected chi connectivity index (χ4v) is 2.41. The van der Waals surface area contributed by atoms with Crippen molar-refractivity contribution in [2.24, 2.45) is 0 Å². The van der Waals surface area contributed by atoms with Gasteiger partial charge >= 0.3 is 6.18 Å². The van der Waals surface area contributed by atoms with Crippen LogP contribution >= 0.6 is 0 Å². The van der Waals surface area contributed by atoms with Crippen molar-refractivity contribution in [3.8, 4) is 5.75 Å². The summed E-state index contributed by atoms with van der Waals surface area (Å²) < 4.78 is 45.8. The molecule has 0 aliphatic heterocycles. The molecule has 0 radical (unpaired) electrons. The van der Waals surface area contributed by atoms with Crippen LogP contribution in [0, 0.1) is 0 Å². The van der Waals surface area contributed by atoms with E-state index in [-0.39, 0.29) is 17.6 Å². The Hall–Kier alpha value is -2.84. The highest BCUT2D eigenvalue weighted by Gasteiger charge is 2.34. The molecule has 1 unspecified atom stereocenters. The number of hydrogen-bond donors (Lipinski definition) is 1. The van der Waals surface area contributed by atoms with Crippen LogP contribution in [0.5, 0.6) is 5.75 Å². The Kier molecular flexibility index (Phi) is 4.47. The van der Waals surface area contributed by atoms with Crippen LogP contribution in [-0.4, -0.2) is 26.2 Å². The van der Waals surface area contributed by atoms with Crippen molar-refractivity contribution in [3.63, 3.8) is 0 Å². The lowest BCUT2D eigenvalue weighted by Crippen LogP contribution is -2.15. The van der Waals surface area contributed by atoms with E-state index in [2.05, 4.69) is 20.4 Å². The zero-order valence-electron chi connectivity index (χ0n) is 13.6. The van der Waals surface area contributed by atoms with E-state index in [1.54, 1.807) is 0 Å². The van der Waals surface area contributed by atoms with E-state index < -0.39 is 11.9 Å². The maximum atomic E-state index is 13.0. The van der Waals surface area contributed by atoms with E-state index in [9.17, 15) is 13.2 Å². The summed E-state index contributed by atoms with van der Waals surface area (Å²) in [6, 6.07) is 8.00. The third-order valence-corrected chi connectivity index (χ3v) is 3.58. The van der Waals surface area contributed by atoms with Gasteiger partial charge in [0.1, 0.15) is 17.9 Å². The lowest BCUT2D eigenvalue weighted by atomic mass is 10.1. The molecule has 1 N–H and O–H groups in total. The van der Waals surface area contributed by atoms with Gasteiger partial charge in [-0.3, -0.25) is 0 Å². The predicted molar refractivity (Wildman–Crippen MR) is 85.4 cm³/mol. The molecule has 0 saturated carbocycles. The van der Waals surface area contributed by atoms with Gasteiger partial charge in [-0.1, -0.05) is 12.1 Å². The van der Waals surface area contributed by atoms with Crippen LogP contribution in [0.25, 0.3) is 5.78 Å². The van der Waals surface area contributed by atoms with Crippen molar-refractivity contribution in [1.82, 2.24) is 19.6 Å². The summed E-state index contributed by atoms with van der Waals surface area (Å²) in [7, 11) is 0. The Morgan fingerprint density at radius 1 is 1.28 bits per heavy atom. The van der Waals surface area contributed by atoms with Crippen LogP contribution in [-0.2, 0) is 6.18 Å². The molecule has 9 heteroatoms. The Balaban J connectivity index is 1.94. The highest BCUT2D eigenvalue weighted by Crippen LogP contribution is 2.30. The molecule has 2 aromatic heterocycles. The summed E-state index contributed by atoms with van der Waals surface area (Å²) in [6.07, 6.45) is -3.41. The number of nitrogens with zero attached hydrogens (tertiary/aromatic N) is 4. The van der Waals surface area contributed by atoms with Gasteiger partial charge in [-0.2, -0.15) is 27.8 Å². The van der Waals surface area contributed by atoms with Gasteiger partial charge < -0.3 is 10.1 Å². The third kappa shape index (κ3) is 3.65. The summed E-state index contributed by atoms with van der Waals surface area (Å²) in [5.41, 5.74) is -0.157. The van der Waals surface area contributed by atoms with Gasteiger partial charge in [-0.05, 0) is 31.5 Å². The number of halogens is 3. The molecule has 0 saturated heterocycles. The van der Waals surface area contributed by atoms with Crippen molar-refractivity contribution < 1.29 is 17.9 Å². The minimum absolute atomic E-state index is 0.118. The number of rotatable bonds is 5. The quantitative estimate of drug-likeness (QED) is 0.759. The van der Waals surface area contributed by atoms with Crippen molar-refractivity contribution >= 4 is 11.6 Å². The number of anilines is 1. The first-order valence-corrected chi connectivity index (χ1v) is 7.65. The van der Waals surface area contributed by atoms with Crippen LogP contribution in [0.15, 0.2) is 36.7 Å². The topological polar surface area (TPSA) is 64.3 Å². The third-order valence-electron chi connectivity index (χ3n) is 3.58. The minimum Gasteiger partial charge on any atom is -0.494 e. The molecular formula is C16H16F3N5O. The first kappa shape index (κ1) is 17.0. The molecule has 0 aliphatic carbocycles. The van der Waals surface area contributed by atoms with Crippen LogP contribution < -0.4 is 10.1 Å². The molecule has 0 aliphatic rings. The number of fused-ring (bicyclic) bond motifs is 1. The molecule has 132 valence electrons. The van der Waals surface area contributed by atoms with E-state index in [0.717, 1.165) is 18.0 Å². The number of nitrogens with one attached hydrogen (secondary N) is 1. The minimum atomic E-state index is -4.57. The molecule has 1 atom stereocenters. The number of ether oxygens (including phenoxy) is 1. The standard InChI is InChI=1S/C16H16F3N5O/c1-3-25-12-6-4-5-11(7-12)10(2)22-14-8-13(16(17,18)19)23-15-20-9-21-24(14)15/h4-10,22H,3H2,1-2H3. The first-order chi connectivity index (χ1) is 11.9. The van der Waals surface area contributed by atoms with Crippen molar-refractivity contribution in [3.05, 3.63) is 47.9 Å². The number of hydrogen-bond acceptors (Lipinski definition) is 5. The Labute approximate surface area is 141 Å². The van der Waals surface area contributed by atoms with Gasteiger partial charge in [0.25, 0.3) is 5.78 Å². The van der Waals surface area contributed by atoms with Gasteiger partial charge in [0.15, 0.2) is 5.69 Å². The van der Waals surface area contributed by atoms with Crippen molar-refractivity contribution in [1.29, 1.82) is 0 Å². The Bertz CT molecular complexity index is 878. The predicted octanol–water partition coefficient (Wildman–Crippen LogP) is 3.71. The van der Waals surface area contributed by atoms with Crippen LogP contribution in [0.2, 0.25) is 0 Å². The SMILES string of the molecule is CCOc1cccc(C(C)Nc2cc(C(F)(F)F)nc3ncnn23)c1. The van der Waals surface area contributed by atoms with E-state index in [1.165, 1.54) is 4.52 Å². The Morgan fingerprint density at radius 3 is 2.80 bits per heavy atom. The fourth-order valence-electron chi connectivity index (χ4n) is 2.41. The second-order valence-electron chi connectivity index (χ2n) is 5.37. The van der Waals surface area contributed by atoms with E-state index in [1.807, 2.05) is 38.1 Å². The second kappa shape index (κ2) is 6.58. The van der Waals surface area contributed by atoms with Gasteiger partial charge in [0.2, 0.25) is 0 Å². The molecule has 0 spiro atoms. The lowest BCUT2D eigenvalue weighted by Gasteiger charge is -2.18. The fraction of sp³-hybridized carbons (Fsp3) is 0.312. The smallest absolute Gasteiger partial charge is 0.433 e. The normalized spacial score (nSPS) is 13.0. The maximum Gasteiger partial charge on any atom is 0.433 e. The largest absolute Gasteiger partial charge is 0.494 e. The summed E-state index contributed by atoms with van der Waals surface area (Å²) in [5, 5.41) is 6.96. The second-order valence-corrected chi connectivity index (χ2v) is 5.37. The van der Waals surface area contributed by atoms with Crippen molar-refractivity contribution in [2.45, 2.75) is 26.1 Å². The molecule has 25 heavy (non-hydrogen) atoms. The molecule has 0 bridgehead atoms. The molecule has 2 heterocycles. The van der Waals surface area contributed by atoms with E-state index >= 15 is 0 Å². The summed E-state index contributed by atoms with van der Waals surface area (Å²) in [4.78, 5) is 7.24. The zero-order chi connectivity index (χ0) is 18.0. The van der Waals surface area contributed by atoms with Crippen LogP contribution in [0.3, 0.4) is 0 Å². The highest BCUT2D eigenvalue weighted by atomic mass is 19.4. The molecule has 0 fully saturated rings. The summed E-state index contributed by atoms with van der Waals surface area (Å²) in [5.74, 6) is 0.738. The van der Waals surface area contributed by atoms with Gasteiger partial charge in [0.05, 0.1) is 12.6 Å². The molecule has 0 amide bonds. The molecule has 1 aromatic carbocycles. The van der Waals surface area contributed by atoms with Gasteiger partial charge in [-0.15, -0.1) is 0 Å². The highest BCUT2D eigenvalue weighted by molar-refractivity contribution is 5.47. The van der Waals surface area contributed by atoms with E-state index in [0.29, 0.717) is 12.4 Å². The van der Waals surface area contributed by atoms with Gasteiger partial charge in [0, 0.05) is 6.07 Å². The maximum absolute atomic E-state index is 13.0. The average molecular weight is 351 g/mol. The number of alkyl halides is 3. The van der Waals surface area contributed by atoms with Crippen LogP contribution in [0.4, 0.5) is 19.0 Å². The zero-order valence-corrected chi connectivity index (χ0v) is 13.6. The first-order valence-electron chi connectivity index (χ1n) is 7.65. The molecule has 3 rings (SSSR count). The Morgan fingerprint density at radius 2 is 2.08 bits per heavy atom. The van der Waals surface area contributed by atoms with E-state index in [4.69, 9.17) is 4.74 Å². The summed E-state index contributed by atoms with van der Waals surface area (Å²) >= 11 is 0. The summed E-state index contributed by atoms with van der Waals surface area (Å²) in [6.45, 7) is 4.25. The monoisotopic (exact) mass is 351 g/mol. The molecule has 3 aromatic rings. The molecule has 6 nitrogen and oxygen atoms in total. The van der Waals surface area contributed by atoms with Gasteiger partial charge in [-0.25, -0.2) is 4.98 Å². The number of benzene rings is 1.